The van der Waals surface area contributed by atoms with Crippen molar-refractivity contribution in [1.82, 2.24) is 20.1 Å². The standard InChI is InChI=1S/C23H25ClN4O4S/c1-4-32-16-11-9-15(10-12-16)28-21(17-7-5-6-8-18(17)24)26-27-23(28)33-13-19(29)25-20(14(2)3)22(30)31/h5-12,14,20H,4,13H2,1-3H3,(H,25,29)(H,30,31)/p-1/t20-/m0/s1. The number of aliphatic carboxylic acids is 1. The van der Waals surface area contributed by atoms with Crippen LogP contribution in [0.2, 0.25) is 5.02 Å². The Morgan fingerprint density at radius 1 is 1.15 bits per heavy atom. The van der Waals surface area contributed by atoms with Crippen LogP contribution in [0.25, 0.3) is 17.1 Å². The van der Waals surface area contributed by atoms with Crippen LogP contribution in [0.1, 0.15) is 20.8 Å². The third-order valence-corrected chi connectivity index (χ3v) is 5.98. The van der Waals surface area contributed by atoms with E-state index in [4.69, 9.17) is 16.3 Å². The first kappa shape index (κ1) is 24.6. The number of nitrogens with zero attached hydrogens (tertiary/aromatic N) is 3. The van der Waals surface area contributed by atoms with Gasteiger partial charge in [0.25, 0.3) is 0 Å². The predicted molar refractivity (Wildman–Crippen MR) is 125 cm³/mol. The molecule has 1 heterocycles. The number of ether oxygens (including phenoxy) is 1. The molecule has 0 spiro atoms. The molecule has 3 aromatic rings. The molecule has 0 aliphatic rings. The van der Waals surface area contributed by atoms with Gasteiger partial charge < -0.3 is 20.0 Å². The highest BCUT2D eigenvalue weighted by atomic mass is 35.5. The Balaban J connectivity index is 1.91. The van der Waals surface area contributed by atoms with Gasteiger partial charge in [0.15, 0.2) is 11.0 Å². The highest BCUT2D eigenvalue weighted by molar-refractivity contribution is 7.99. The maximum atomic E-state index is 12.4. The first-order chi connectivity index (χ1) is 15.8. The fourth-order valence-electron chi connectivity index (χ4n) is 3.11. The molecular weight excluding hydrogens is 464 g/mol. The number of benzene rings is 2. The first-order valence-corrected chi connectivity index (χ1v) is 11.7. The van der Waals surface area contributed by atoms with Gasteiger partial charge in [0.1, 0.15) is 5.75 Å². The fraction of sp³-hybridized carbons (Fsp3) is 0.304. The quantitative estimate of drug-likeness (QED) is 0.438. The fourth-order valence-corrected chi connectivity index (χ4v) is 4.10. The van der Waals surface area contributed by atoms with Gasteiger partial charge in [-0.25, -0.2) is 0 Å². The topological polar surface area (TPSA) is 109 Å². The van der Waals surface area contributed by atoms with E-state index in [1.165, 1.54) is 0 Å². The number of carbonyl (C=O) groups is 2. The number of aromatic nitrogens is 3. The molecule has 0 saturated heterocycles. The van der Waals surface area contributed by atoms with E-state index in [-0.39, 0.29) is 11.7 Å². The Bertz CT molecular complexity index is 1120. The van der Waals surface area contributed by atoms with E-state index >= 15 is 0 Å². The van der Waals surface area contributed by atoms with Crippen molar-refractivity contribution in [3.8, 4) is 22.8 Å². The SMILES string of the molecule is CCOc1ccc(-n2c(SCC(=O)N[C@H](C(=O)[O-])C(C)C)nnc2-c2ccccc2Cl)cc1. The summed E-state index contributed by atoms with van der Waals surface area (Å²) in [7, 11) is 0. The first-order valence-electron chi connectivity index (χ1n) is 10.4. The number of nitrogens with one attached hydrogen (secondary N) is 1. The van der Waals surface area contributed by atoms with Gasteiger partial charge in [0.05, 0.1) is 29.4 Å². The van der Waals surface area contributed by atoms with Crippen LogP contribution in [0, 0.1) is 5.92 Å². The zero-order chi connectivity index (χ0) is 24.0. The summed E-state index contributed by atoms with van der Waals surface area (Å²) in [5.74, 6) is -0.867. The molecule has 2 aromatic carbocycles. The molecule has 174 valence electrons. The number of amides is 1. The molecule has 8 nitrogen and oxygen atoms in total. The third-order valence-electron chi connectivity index (χ3n) is 4.72. The lowest BCUT2D eigenvalue weighted by Gasteiger charge is -2.23. The molecule has 1 aromatic heterocycles. The van der Waals surface area contributed by atoms with E-state index in [0.717, 1.165) is 23.2 Å². The lowest BCUT2D eigenvalue weighted by atomic mass is 10.1. The van der Waals surface area contributed by atoms with E-state index in [1.807, 2.05) is 49.4 Å². The van der Waals surface area contributed by atoms with E-state index in [0.29, 0.717) is 28.2 Å². The molecule has 0 saturated carbocycles. The minimum Gasteiger partial charge on any atom is -0.548 e. The number of halogens is 1. The van der Waals surface area contributed by atoms with Gasteiger partial charge >= 0.3 is 0 Å². The van der Waals surface area contributed by atoms with Gasteiger partial charge in [-0.05, 0) is 49.2 Å². The van der Waals surface area contributed by atoms with E-state index < -0.39 is 17.9 Å². The van der Waals surface area contributed by atoms with Crippen molar-refractivity contribution >= 4 is 35.2 Å². The highest BCUT2D eigenvalue weighted by Crippen LogP contribution is 2.32. The average molecular weight is 488 g/mol. The number of carboxylic acids is 1. The molecule has 0 fully saturated rings. The van der Waals surface area contributed by atoms with Crippen molar-refractivity contribution in [1.29, 1.82) is 0 Å². The minimum absolute atomic E-state index is 0.0474. The number of thioether (sulfide) groups is 1. The van der Waals surface area contributed by atoms with Crippen LogP contribution in [-0.2, 0) is 9.59 Å². The molecule has 0 aliphatic heterocycles. The van der Waals surface area contributed by atoms with Gasteiger partial charge in [-0.3, -0.25) is 9.36 Å². The van der Waals surface area contributed by atoms with Gasteiger partial charge in [-0.15, -0.1) is 10.2 Å². The smallest absolute Gasteiger partial charge is 0.231 e. The number of hydrogen-bond acceptors (Lipinski definition) is 7. The summed E-state index contributed by atoms with van der Waals surface area (Å²) in [4.78, 5) is 23.7. The van der Waals surface area contributed by atoms with Crippen LogP contribution in [0.4, 0.5) is 0 Å². The van der Waals surface area contributed by atoms with Gasteiger partial charge in [0, 0.05) is 11.3 Å². The predicted octanol–water partition coefficient (Wildman–Crippen LogP) is 2.97. The molecule has 10 heteroatoms. The van der Waals surface area contributed by atoms with Gasteiger partial charge in [-0.1, -0.05) is 49.3 Å². The third kappa shape index (κ3) is 6.06. The van der Waals surface area contributed by atoms with Crippen molar-refractivity contribution in [3.63, 3.8) is 0 Å². The number of hydrogen-bond donors (Lipinski definition) is 1. The number of carbonyl (C=O) groups excluding carboxylic acids is 2. The molecule has 0 aliphatic carbocycles. The second kappa shape index (κ2) is 11.2. The van der Waals surface area contributed by atoms with Crippen LogP contribution >= 0.6 is 23.4 Å². The second-order valence-corrected chi connectivity index (χ2v) is 8.79. The van der Waals surface area contributed by atoms with Crippen molar-refractivity contribution in [2.45, 2.75) is 32.0 Å². The normalized spacial score (nSPS) is 11.9. The van der Waals surface area contributed by atoms with Gasteiger partial charge in [-0.2, -0.15) is 0 Å². The van der Waals surface area contributed by atoms with Crippen molar-refractivity contribution in [2.24, 2.45) is 5.92 Å². The summed E-state index contributed by atoms with van der Waals surface area (Å²) in [6, 6.07) is 13.6. The largest absolute Gasteiger partial charge is 0.548 e. The zero-order valence-corrected chi connectivity index (χ0v) is 20.0. The molecule has 33 heavy (non-hydrogen) atoms. The lowest BCUT2D eigenvalue weighted by Crippen LogP contribution is -2.51. The van der Waals surface area contributed by atoms with Crippen molar-refractivity contribution in [2.75, 3.05) is 12.4 Å². The molecule has 3 rings (SSSR count). The zero-order valence-electron chi connectivity index (χ0n) is 18.4. The molecule has 0 bridgehead atoms. The van der Waals surface area contributed by atoms with Gasteiger partial charge in [0.2, 0.25) is 5.91 Å². The van der Waals surface area contributed by atoms with Crippen LogP contribution in [-0.4, -0.2) is 45.0 Å². The van der Waals surface area contributed by atoms with Crippen LogP contribution in [0.15, 0.2) is 53.7 Å². The van der Waals surface area contributed by atoms with E-state index in [9.17, 15) is 14.7 Å². The van der Waals surface area contributed by atoms with Crippen molar-refractivity contribution < 1.29 is 19.4 Å². The Morgan fingerprint density at radius 3 is 2.45 bits per heavy atom. The molecule has 0 radical (unpaired) electrons. The minimum atomic E-state index is -1.32. The highest BCUT2D eigenvalue weighted by Gasteiger charge is 2.21. The summed E-state index contributed by atoms with van der Waals surface area (Å²) in [6.07, 6.45) is 0. The van der Waals surface area contributed by atoms with E-state index in [2.05, 4.69) is 15.5 Å². The number of carboxylic acid groups (broad SMARTS) is 1. The maximum absolute atomic E-state index is 12.4. The number of rotatable bonds is 10. The molecule has 1 atom stereocenters. The summed E-state index contributed by atoms with van der Waals surface area (Å²) in [6.45, 7) is 5.86. The second-order valence-electron chi connectivity index (χ2n) is 7.45. The summed E-state index contributed by atoms with van der Waals surface area (Å²) >= 11 is 7.55. The lowest BCUT2D eigenvalue weighted by molar-refractivity contribution is -0.309. The average Bonchev–Trinajstić information content (AvgIpc) is 3.20. The summed E-state index contributed by atoms with van der Waals surface area (Å²) in [5, 5.41) is 23.3. The van der Waals surface area contributed by atoms with Crippen LogP contribution in [0.5, 0.6) is 5.75 Å². The molecule has 1 amide bonds. The summed E-state index contributed by atoms with van der Waals surface area (Å²) in [5.41, 5.74) is 1.45. The van der Waals surface area contributed by atoms with Crippen molar-refractivity contribution in [3.05, 3.63) is 53.6 Å². The molecule has 0 unspecified atom stereocenters. The van der Waals surface area contributed by atoms with Crippen LogP contribution in [0.3, 0.4) is 0 Å². The Kier molecular flexibility index (Phi) is 8.35. The van der Waals surface area contributed by atoms with Crippen LogP contribution < -0.4 is 15.2 Å². The summed E-state index contributed by atoms with van der Waals surface area (Å²) < 4.78 is 7.32. The Labute approximate surface area is 201 Å². The maximum Gasteiger partial charge on any atom is 0.231 e. The Hall–Kier alpha value is -3.04. The molecular formula is C23H24ClN4O4S-. The van der Waals surface area contributed by atoms with E-state index in [1.54, 1.807) is 24.5 Å². The molecule has 1 N–H and O–H groups in total. The monoisotopic (exact) mass is 487 g/mol. The Morgan fingerprint density at radius 2 is 1.85 bits per heavy atom.